The van der Waals surface area contributed by atoms with Crippen LogP contribution in [0.15, 0.2) is 0 Å². The molecule has 2 fully saturated rings. The molecule has 100 valence electrons. The Morgan fingerprint density at radius 2 is 1.82 bits per heavy atom. The number of hydrogen-bond donors (Lipinski definition) is 1. The minimum atomic E-state index is 0.764. The van der Waals surface area contributed by atoms with Gasteiger partial charge in [-0.1, -0.05) is 26.7 Å². The van der Waals surface area contributed by atoms with Crippen molar-refractivity contribution in [2.75, 3.05) is 19.8 Å². The first-order valence-electron chi connectivity index (χ1n) is 7.66. The highest BCUT2D eigenvalue weighted by atomic mass is 16.5. The largest absolute Gasteiger partial charge is 0.381 e. The molecule has 2 heteroatoms. The van der Waals surface area contributed by atoms with E-state index >= 15 is 0 Å². The van der Waals surface area contributed by atoms with Gasteiger partial charge in [0.15, 0.2) is 0 Å². The van der Waals surface area contributed by atoms with Crippen LogP contribution >= 0.6 is 0 Å². The summed E-state index contributed by atoms with van der Waals surface area (Å²) in [7, 11) is 0. The first-order valence-corrected chi connectivity index (χ1v) is 7.66. The lowest BCUT2D eigenvalue weighted by molar-refractivity contribution is 0.0447. The summed E-state index contributed by atoms with van der Waals surface area (Å²) < 4.78 is 5.51. The van der Waals surface area contributed by atoms with Crippen LogP contribution in [0.25, 0.3) is 0 Å². The van der Waals surface area contributed by atoms with Crippen molar-refractivity contribution in [2.24, 2.45) is 17.8 Å². The van der Waals surface area contributed by atoms with E-state index in [0.717, 1.165) is 43.6 Å². The van der Waals surface area contributed by atoms with Crippen molar-refractivity contribution < 1.29 is 4.74 Å². The molecule has 1 aliphatic heterocycles. The molecule has 1 saturated carbocycles. The molecule has 17 heavy (non-hydrogen) atoms. The lowest BCUT2D eigenvalue weighted by Gasteiger charge is -2.35. The summed E-state index contributed by atoms with van der Waals surface area (Å²) in [5.41, 5.74) is 0. The molecular formula is C15H29NO. The summed E-state index contributed by atoms with van der Waals surface area (Å²) in [6, 6.07) is 0.764. The average molecular weight is 239 g/mol. The van der Waals surface area contributed by atoms with E-state index in [4.69, 9.17) is 4.74 Å². The van der Waals surface area contributed by atoms with Gasteiger partial charge in [0.2, 0.25) is 0 Å². The zero-order valence-corrected chi connectivity index (χ0v) is 11.6. The van der Waals surface area contributed by atoms with Crippen molar-refractivity contribution in [1.29, 1.82) is 0 Å². The van der Waals surface area contributed by atoms with Crippen molar-refractivity contribution >= 4 is 0 Å². The molecule has 1 N–H and O–H groups in total. The highest BCUT2D eigenvalue weighted by molar-refractivity contribution is 4.89. The summed E-state index contributed by atoms with van der Waals surface area (Å²) >= 11 is 0. The van der Waals surface area contributed by atoms with E-state index in [2.05, 4.69) is 19.2 Å². The third-order valence-electron chi connectivity index (χ3n) is 4.88. The molecular weight excluding hydrogens is 210 g/mol. The molecule has 2 nitrogen and oxygen atoms in total. The first-order chi connectivity index (χ1) is 8.35. The Balaban J connectivity index is 1.91. The summed E-state index contributed by atoms with van der Waals surface area (Å²) in [6.45, 7) is 7.69. The summed E-state index contributed by atoms with van der Waals surface area (Å²) in [6.07, 6.45) is 8.30. The highest BCUT2D eigenvalue weighted by Gasteiger charge is 2.34. The zero-order valence-electron chi connectivity index (χ0n) is 11.6. The van der Waals surface area contributed by atoms with Gasteiger partial charge >= 0.3 is 0 Å². The van der Waals surface area contributed by atoms with Gasteiger partial charge in [0.1, 0.15) is 0 Å². The van der Waals surface area contributed by atoms with E-state index in [9.17, 15) is 0 Å². The monoisotopic (exact) mass is 239 g/mol. The molecule has 0 aromatic heterocycles. The van der Waals surface area contributed by atoms with Gasteiger partial charge in [-0.2, -0.15) is 0 Å². The third-order valence-corrected chi connectivity index (χ3v) is 4.88. The van der Waals surface area contributed by atoms with Crippen LogP contribution in [-0.2, 0) is 4.74 Å². The van der Waals surface area contributed by atoms with Gasteiger partial charge in [-0.15, -0.1) is 0 Å². The maximum absolute atomic E-state index is 5.51. The van der Waals surface area contributed by atoms with Gasteiger partial charge in [-0.25, -0.2) is 0 Å². The summed E-state index contributed by atoms with van der Waals surface area (Å²) in [4.78, 5) is 0. The Kier molecular flexibility index (Phi) is 5.30. The Bertz CT molecular complexity index is 213. The van der Waals surface area contributed by atoms with Crippen LogP contribution in [0.5, 0.6) is 0 Å². The number of rotatable bonds is 5. The van der Waals surface area contributed by atoms with Crippen LogP contribution < -0.4 is 5.32 Å². The molecule has 2 aliphatic rings. The van der Waals surface area contributed by atoms with Crippen LogP contribution in [-0.4, -0.2) is 25.8 Å². The van der Waals surface area contributed by atoms with Gasteiger partial charge in [0.05, 0.1) is 0 Å². The molecule has 1 heterocycles. The fourth-order valence-corrected chi connectivity index (χ4v) is 3.84. The molecule has 1 saturated heterocycles. The fraction of sp³-hybridized carbons (Fsp3) is 1.00. The second kappa shape index (κ2) is 6.75. The van der Waals surface area contributed by atoms with Gasteiger partial charge < -0.3 is 10.1 Å². The minimum Gasteiger partial charge on any atom is -0.381 e. The Hall–Kier alpha value is -0.0800. The normalized spacial score (nSPS) is 32.8. The molecule has 0 radical (unpaired) electrons. The molecule has 0 aromatic carbocycles. The number of hydrogen-bond acceptors (Lipinski definition) is 2. The van der Waals surface area contributed by atoms with Crippen LogP contribution in [0.3, 0.4) is 0 Å². The second-order valence-electron chi connectivity index (χ2n) is 5.88. The Morgan fingerprint density at radius 1 is 1.06 bits per heavy atom. The van der Waals surface area contributed by atoms with Gasteiger partial charge in [0.25, 0.3) is 0 Å². The number of ether oxygens (including phenoxy) is 1. The van der Waals surface area contributed by atoms with Crippen molar-refractivity contribution in [3.8, 4) is 0 Å². The summed E-state index contributed by atoms with van der Waals surface area (Å²) in [5.74, 6) is 2.80. The van der Waals surface area contributed by atoms with Crippen molar-refractivity contribution in [3.05, 3.63) is 0 Å². The predicted octanol–water partition coefficient (Wildman–Crippen LogP) is 3.22. The van der Waals surface area contributed by atoms with E-state index in [-0.39, 0.29) is 0 Å². The van der Waals surface area contributed by atoms with E-state index in [1.165, 1.54) is 38.5 Å². The zero-order chi connectivity index (χ0) is 12.1. The molecule has 0 aromatic rings. The molecule has 0 spiro atoms. The first kappa shape index (κ1) is 13.4. The maximum atomic E-state index is 5.51. The minimum absolute atomic E-state index is 0.764. The van der Waals surface area contributed by atoms with Crippen LogP contribution in [0.1, 0.15) is 52.4 Å². The Labute approximate surface area is 107 Å². The quantitative estimate of drug-likeness (QED) is 0.795. The van der Waals surface area contributed by atoms with Gasteiger partial charge in [-0.3, -0.25) is 0 Å². The number of nitrogens with one attached hydrogen (secondary N) is 1. The second-order valence-corrected chi connectivity index (χ2v) is 5.88. The van der Waals surface area contributed by atoms with Crippen molar-refractivity contribution in [2.45, 2.75) is 58.4 Å². The third kappa shape index (κ3) is 3.45. The van der Waals surface area contributed by atoms with Crippen molar-refractivity contribution in [3.63, 3.8) is 0 Å². The average Bonchev–Trinajstić information content (AvgIpc) is 2.85. The molecule has 0 bridgehead atoms. The van der Waals surface area contributed by atoms with Gasteiger partial charge in [-0.05, 0) is 50.0 Å². The summed E-state index contributed by atoms with van der Waals surface area (Å²) in [5, 5.41) is 3.78. The van der Waals surface area contributed by atoms with Crippen LogP contribution in [0.2, 0.25) is 0 Å². The predicted molar refractivity (Wildman–Crippen MR) is 72.1 cm³/mol. The molecule has 3 unspecified atom stereocenters. The standard InChI is InChI=1S/C15H29NO/c1-3-12-5-6-14(11-12)15(16-4-2)13-7-9-17-10-8-13/h12-16H,3-11H2,1-2H3. The van der Waals surface area contributed by atoms with E-state index in [1.807, 2.05) is 0 Å². The molecule has 0 amide bonds. The van der Waals surface area contributed by atoms with Crippen molar-refractivity contribution in [1.82, 2.24) is 5.32 Å². The van der Waals surface area contributed by atoms with Crippen LogP contribution in [0.4, 0.5) is 0 Å². The topological polar surface area (TPSA) is 21.3 Å². The van der Waals surface area contributed by atoms with Gasteiger partial charge in [0, 0.05) is 19.3 Å². The molecule has 3 atom stereocenters. The van der Waals surface area contributed by atoms with E-state index < -0.39 is 0 Å². The fourth-order valence-electron chi connectivity index (χ4n) is 3.84. The smallest absolute Gasteiger partial charge is 0.0469 e. The van der Waals surface area contributed by atoms with Crippen LogP contribution in [0, 0.1) is 17.8 Å². The van der Waals surface area contributed by atoms with E-state index in [0.29, 0.717) is 0 Å². The Morgan fingerprint density at radius 3 is 2.41 bits per heavy atom. The molecule has 2 rings (SSSR count). The highest BCUT2D eigenvalue weighted by Crippen LogP contribution is 2.38. The SMILES string of the molecule is CCNC(C1CCOCC1)C1CCC(CC)C1. The van der Waals surface area contributed by atoms with E-state index in [1.54, 1.807) is 0 Å². The lowest BCUT2D eigenvalue weighted by atomic mass is 9.82. The maximum Gasteiger partial charge on any atom is 0.0469 e. The lowest BCUT2D eigenvalue weighted by Crippen LogP contribution is -2.43. The molecule has 1 aliphatic carbocycles.